The van der Waals surface area contributed by atoms with Crippen LogP contribution in [0.5, 0.6) is 0 Å². The quantitative estimate of drug-likeness (QED) is 0.622. The highest BCUT2D eigenvalue weighted by Crippen LogP contribution is 2.17. The summed E-state index contributed by atoms with van der Waals surface area (Å²) < 4.78 is 0. The van der Waals surface area contributed by atoms with Gasteiger partial charge in [-0.15, -0.1) is 0 Å². The Labute approximate surface area is 142 Å². The van der Waals surface area contributed by atoms with E-state index in [2.05, 4.69) is 17.6 Å². The minimum absolute atomic E-state index is 0.00896. The van der Waals surface area contributed by atoms with Crippen LogP contribution in [0.4, 0.5) is 0 Å². The van der Waals surface area contributed by atoms with Crippen LogP contribution in [0, 0.1) is 5.92 Å². The highest BCUT2D eigenvalue weighted by atomic mass is 16.2. The number of unbranched alkanes of at least 4 members (excludes halogenated alkanes) is 1. The van der Waals surface area contributed by atoms with Crippen molar-refractivity contribution >= 4 is 17.7 Å². The maximum atomic E-state index is 12.3. The largest absolute Gasteiger partial charge is 0.348 e. The number of imide groups is 1. The first-order chi connectivity index (χ1) is 11.5. The van der Waals surface area contributed by atoms with Crippen molar-refractivity contribution in [2.24, 2.45) is 11.7 Å². The van der Waals surface area contributed by atoms with E-state index < -0.39 is 0 Å². The molecule has 130 valence electrons. The van der Waals surface area contributed by atoms with Crippen molar-refractivity contribution in [1.82, 2.24) is 10.6 Å². The van der Waals surface area contributed by atoms with Gasteiger partial charge in [0.05, 0.1) is 5.92 Å². The van der Waals surface area contributed by atoms with E-state index in [1.807, 2.05) is 12.1 Å². The van der Waals surface area contributed by atoms with Gasteiger partial charge in [0.1, 0.15) is 0 Å². The number of hydrogen-bond donors (Lipinski definition) is 3. The molecule has 0 spiro atoms. The van der Waals surface area contributed by atoms with Gasteiger partial charge >= 0.3 is 0 Å². The topological polar surface area (TPSA) is 101 Å². The van der Waals surface area contributed by atoms with Crippen LogP contribution in [0.2, 0.25) is 0 Å². The second-order valence-corrected chi connectivity index (χ2v) is 6.26. The van der Waals surface area contributed by atoms with Crippen molar-refractivity contribution in [2.75, 3.05) is 6.54 Å². The molecule has 1 aliphatic rings. The average molecular weight is 331 g/mol. The van der Waals surface area contributed by atoms with Gasteiger partial charge in [-0.25, -0.2) is 0 Å². The summed E-state index contributed by atoms with van der Waals surface area (Å²) in [6.07, 6.45) is 3.71. The van der Waals surface area contributed by atoms with E-state index in [-0.39, 0.29) is 36.1 Å². The lowest BCUT2D eigenvalue weighted by Gasteiger charge is -2.16. The number of carbonyl (C=O) groups excluding carboxylic acids is 3. The first-order valence-electron chi connectivity index (χ1n) is 8.47. The second kappa shape index (κ2) is 8.59. The maximum absolute atomic E-state index is 12.3. The van der Waals surface area contributed by atoms with Crippen molar-refractivity contribution in [3.8, 4) is 0 Å². The van der Waals surface area contributed by atoms with Crippen LogP contribution in [0.1, 0.15) is 48.5 Å². The third-order valence-electron chi connectivity index (χ3n) is 4.29. The summed E-state index contributed by atoms with van der Waals surface area (Å²) in [4.78, 5) is 35.1. The van der Waals surface area contributed by atoms with Gasteiger partial charge in [-0.05, 0) is 30.5 Å². The molecule has 1 fully saturated rings. The molecule has 2 rings (SSSR count). The standard InChI is InChI=1S/C18H25N3O3/c1-2-3-4-15(11-19)20-17(23)13-7-5-12(6-8-13)9-14-10-16(22)21-18(14)24/h5-8,14-15H,2-4,9-11,19H2,1H3,(H,20,23)(H,21,22,24). The normalized spacial score (nSPS) is 18.3. The molecule has 24 heavy (non-hydrogen) atoms. The molecule has 1 aromatic carbocycles. The average Bonchev–Trinajstić information content (AvgIpc) is 2.89. The minimum atomic E-state index is -0.312. The number of rotatable bonds is 8. The van der Waals surface area contributed by atoms with E-state index in [1.165, 1.54) is 0 Å². The third kappa shape index (κ3) is 4.89. The predicted molar refractivity (Wildman–Crippen MR) is 91.2 cm³/mol. The van der Waals surface area contributed by atoms with Crippen LogP contribution >= 0.6 is 0 Å². The van der Waals surface area contributed by atoms with Gasteiger partial charge in [-0.3, -0.25) is 19.7 Å². The summed E-state index contributed by atoms with van der Waals surface area (Å²) in [7, 11) is 0. The molecule has 0 aromatic heterocycles. The number of carbonyl (C=O) groups is 3. The number of amides is 3. The molecule has 6 nitrogen and oxygen atoms in total. The first-order valence-corrected chi connectivity index (χ1v) is 8.47. The fraction of sp³-hybridized carbons (Fsp3) is 0.500. The summed E-state index contributed by atoms with van der Waals surface area (Å²) >= 11 is 0. The van der Waals surface area contributed by atoms with Gasteiger partial charge in [-0.1, -0.05) is 31.9 Å². The van der Waals surface area contributed by atoms with Crippen molar-refractivity contribution in [1.29, 1.82) is 0 Å². The number of hydrogen-bond acceptors (Lipinski definition) is 4. The molecule has 2 atom stereocenters. The maximum Gasteiger partial charge on any atom is 0.251 e. The molecule has 1 heterocycles. The highest BCUT2D eigenvalue weighted by Gasteiger charge is 2.30. The Kier molecular flexibility index (Phi) is 6.49. The van der Waals surface area contributed by atoms with Crippen LogP contribution in [0.15, 0.2) is 24.3 Å². The van der Waals surface area contributed by atoms with Crippen LogP contribution in [0.3, 0.4) is 0 Å². The molecule has 0 saturated carbocycles. The van der Waals surface area contributed by atoms with Crippen molar-refractivity contribution < 1.29 is 14.4 Å². The second-order valence-electron chi connectivity index (χ2n) is 6.26. The monoisotopic (exact) mass is 331 g/mol. The van der Waals surface area contributed by atoms with E-state index in [4.69, 9.17) is 5.73 Å². The first kappa shape index (κ1) is 18.1. The molecule has 6 heteroatoms. The zero-order valence-corrected chi connectivity index (χ0v) is 14.0. The van der Waals surface area contributed by atoms with E-state index in [0.717, 1.165) is 24.8 Å². The lowest BCUT2D eigenvalue weighted by molar-refractivity contribution is -0.125. The Morgan fingerprint density at radius 2 is 2.04 bits per heavy atom. The molecule has 1 aromatic rings. The Morgan fingerprint density at radius 1 is 1.33 bits per heavy atom. The van der Waals surface area contributed by atoms with Crippen molar-refractivity contribution in [3.05, 3.63) is 35.4 Å². The molecule has 4 N–H and O–H groups in total. The molecule has 3 amide bonds. The molecule has 0 radical (unpaired) electrons. The van der Waals surface area contributed by atoms with Crippen LogP contribution in [0.25, 0.3) is 0 Å². The molecule has 2 unspecified atom stereocenters. The Hall–Kier alpha value is -2.21. The van der Waals surface area contributed by atoms with Gasteiger partial charge in [0.2, 0.25) is 11.8 Å². The summed E-state index contributed by atoms with van der Waals surface area (Å²) in [6.45, 7) is 2.53. The van der Waals surface area contributed by atoms with Crippen LogP contribution in [-0.2, 0) is 16.0 Å². The summed E-state index contributed by atoms with van der Waals surface area (Å²) in [5, 5.41) is 5.26. The van der Waals surface area contributed by atoms with Gasteiger partial charge in [0.25, 0.3) is 5.91 Å². The van der Waals surface area contributed by atoms with Crippen molar-refractivity contribution in [3.63, 3.8) is 0 Å². The van der Waals surface area contributed by atoms with Crippen LogP contribution in [-0.4, -0.2) is 30.3 Å². The molecule has 0 aliphatic carbocycles. The Morgan fingerprint density at radius 3 is 2.58 bits per heavy atom. The smallest absolute Gasteiger partial charge is 0.251 e. The number of nitrogens with one attached hydrogen (secondary N) is 2. The minimum Gasteiger partial charge on any atom is -0.348 e. The molecular formula is C18H25N3O3. The fourth-order valence-electron chi connectivity index (χ4n) is 2.82. The molecule has 1 saturated heterocycles. The van der Waals surface area contributed by atoms with Crippen LogP contribution < -0.4 is 16.4 Å². The summed E-state index contributed by atoms with van der Waals surface area (Å²) in [6, 6.07) is 7.13. The van der Waals surface area contributed by atoms with E-state index in [0.29, 0.717) is 18.5 Å². The molecule has 0 bridgehead atoms. The van der Waals surface area contributed by atoms with Gasteiger partial charge in [-0.2, -0.15) is 0 Å². The van der Waals surface area contributed by atoms with Gasteiger partial charge in [0, 0.05) is 24.6 Å². The number of nitrogens with two attached hydrogens (primary N) is 1. The predicted octanol–water partition coefficient (Wildman–Crippen LogP) is 1.14. The molecular weight excluding hydrogens is 306 g/mol. The third-order valence-corrected chi connectivity index (χ3v) is 4.29. The van der Waals surface area contributed by atoms with E-state index in [1.54, 1.807) is 12.1 Å². The zero-order chi connectivity index (χ0) is 17.5. The SMILES string of the molecule is CCCCC(CN)NC(=O)c1ccc(CC2CC(=O)NC2=O)cc1. The van der Waals surface area contributed by atoms with E-state index in [9.17, 15) is 14.4 Å². The summed E-state index contributed by atoms with van der Waals surface area (Å²) in [5.41, 5.74) is 7.20. The zero-order valence-electron chi connectivity index (χ0n) is 14.0. The lowest BCUT2D eigenvalue weighted by atomic mass is 9.97. The van der Waals surface area contributed by atoms with Gasteiger partial charge < -0.3 is 11.1 Å². The van der Waals surface area contributed by atoms with Gasteiger partial charge in [0.15, 0.2) is 0 Å². The Bertz CT molecular complexity index is 598. The lowest BCUT2D eigenvalue weighted by Crippen LogP contribution is -2.40. The van der Waals surface area contributed by atoms with Crippen molar-refractivity contribution in [2.45, 2.75) is 45.1 Å². The summed E-state index contributed by atoms with van der Waals surface area (Å²) in [5.74, 6) is -0.890. The highest BCUT2D eigenvalue weighted by molar-refractivity contribution is 6.03. The fourth-order valence-corrected chi connectivity index (χ4v) is 2.82. The van der Waals surface area contributed by atoms with E-state index >= 15 is 0 Å². The molecule has 1 aliphatic heterocycles. The number of benzene rings is 1. The Balaban J connectivity index is 1.92.